The summed E-state index contributed by atoms with van der Waals surface area (Å²) < 4.78 is 2.19. The van der Waals surface area contributed by atoms with Crippen LogP contribution in [0, 0.1) is 5.92 Å². The van der Waals surface area contributed by atoms with Crippen LogP contribution in [-0.2, 0) is 13.5 Å². The first kappa shape index (κ1) is 18.3. The van der Waals surface area contributed by atoms with Crippen molar-refractivity contribution in [3.63, 3.8) is 0 Å². The molecule has 0 saturated heterocycles. The van der Waals surface area contributed by atoms with E-state index >= 15 is 0 Å². The molecule has 2 nitrogen and oxygen atoms in total. The summed E-state index contributed by atoms with van der Waals surface area (Å²) in [7, 11) is 2.12. The average Bonchev–Trinajstić information content (AvgIpc) is 2.88. The fraction of sp³-hybridized carbons (Fsp3) is 0.842. The van der Waals surface area contributed by atoms with Gasteiger partial charge in [0.25, 0.3) is 0 Å². The summed E-state index contributed by atoms with van der Waals surface area (Å²) in [5, 5.41) is 0. The normalized spacial score (nSPS) is 12.7. The fourth-order valence-corrected chi connectivity index (χ4v) is 3.10. The van der Waals surface area contributed by atoms with Crippen molar-refractivity contribution < 1.29 is 0 Å². The summed E-state index contributed by atoms with van der Waals surface area (Å²) in [4.78, 5) is 4.52. The number of aryl methyl sites for hydroxylation is 1. The van der Waals surface area contributed by atoms with Gasteiger partial charge in [0.15, 0.2) is 0 Å². The van der Waals surface area contributed by atoms with Crippen molar-refractivity contribution in [3.8, 4) is 0 Å². The molecule has 0 N–H and O–H groups in total. The van der Waals surface area contributed by atoms with Gasteiger partial charge in [-0.2, -0.15) is 0 Å². The van der Waals surface area contributed by atoms with E-state index in [9.17, 15) is 0 Å². The van der Waals surface area contributed by atoms with Gasteiger partial charge in [-0.3, -0.25) is 0 Å². The summed E-state index contributed by atoms with van der Waals surface area (Å²) in [5.74, 6) is 2.10. The van der Waals surface area contributed by atoms with Gasteiger partial charge in [-0.25, -0.2) is 4.98 Å². The zero-order valence-electron chi connectivity index (χ0n) is 14.6. The van der Waals surface area contributed by atoms with Crippen LogP contribution in [0.15, 0.2) is 12.4 Å². The molecule has 0 spiro atoms. The summed E-state index contributed by atoms with van der Waals surface area (Å²) in [5.41, 5.74) is 0. The number of aromatic nitrogens is 2. The maximum atomic E-state index is 4.52. The minimum Gasteiger partial charge on any atom is -0.338 e. The smallest absolute Gasteiger partial charge is 0.108 e. The molecule has 122 valence electrons. The van der Waals surface area contributed by atoms with Crippen molar-refractivity contribution in [1.82, 2.24) is 9.55 Å². The van der Waals surface area contributed by atoms with E-state index in [-0.39, 0.29) is 0 Å². The maximum Gasteiger partial charge on any atom is 0.108 e. The van der Waals surface area contributed by atoms with Gasteiger partial charge >= 0.3 is 0 Å². The summed E-state index contributed by atoms with van der Waals surface area (Å²) in [6.45, 7) is 4.58. The number of hydrogen-bond acceptors (Lipinski definition) is 1. The zero-order valence-corrected chi connectivity index (χ0v) is 14.6. The minimum absolute atomic E-state index is 0.837. The van der Waals surface area contributed by atoms with Gasteiger partial charge in [0.1, 0.15) is 5.82 Å². The van der Waals surface area contributed by atoms with Crippen LogP contribution in [0.3, 0.4) is 0 Å². The second kappa shape index (κ2) is 11.8. The predicted molar refractivity (Wildman–Crippen MR) is 92.5 cm³/mol. The second-order valence-corrected chi connectivity index (χ2v) is 6.58. The molecule has 1 rings (SSSR count). The number of hydrogen-bond donors (Lipinski definition) is 0. The fourth-order valence-electron chi connectivity index (χ4n) is 3.10. The highest BCUT2D eigenvalue weighted by Crippen LogP contribution is 2.22. The Morgan fingerprint density at radius 1 is 0.905 bits per heavy atom. The third kappa shape index (κ3) is 8.28. The molecule has 0 aliphatic heterocycles. The number of imidazole rings is 1. The lowest BCUT2D eigenvalue weighted by Gasteiger charge is -2.16. The molecule has 1 atom stereocenters. The summed E-state index contributed by atoms with van der Waals surface area (Å²) in [6, 6.07) is 0. The Bertz CT molecular complexity index is 343. The Labute approximate surface area is 132 Å². The maximum absolute atomic E-state index is 4.52. The van der Waals surface area contributed by atoms with Crippen LogP contribution in [0.2, 0.25) is 0 Å². The molecule has 0 saturated carbocycles. The van der Waals surface area contributed by atoms with Crippen molar-refractivity contribution in [3.05, 3.63) is 18.2 Å². The Morgan fingerprint density at radius 2 is 1.48 bits per heavy atom. The van der Waals surface area contributed by atoms with Crippen molar-refractivity contribution in [2.24, 2.45) is 13.0 Å². The van der Waals surface area contributed by atoms with E-state index in [0.717, 1.165) is 5.92 Å². The molecule has 21 heavy (non-hydrogen) atoms. The lowest BCUT2D eigenvalue weighted by atomic mass is 9.91. The molecule has 0 amide bonds. The molecule has 0 aromatic carbocycles. The lowest BCUT2D eigenvalue weighted by Crippen LogP contribution is -2.09. The Hall–Kier alpha value is -0.790. The van der Waals surface area contributed by atoms with Crippen LogP contribution in [0.5, 0.6) is 0 Å². The largest absolute Gasteiger partial charge is 0.338 e. The van der Waals surface area contributed by atoms with Crippen molar-refractivity contribution in [2.45, 2.75) is 90.9 Å². The average molecular weight is 293 g/mol. The molecule has 0 aliphatic rings. The first-order valence-corrected chi connectivity index (χ1v) is 9.24. The molecule has 1 unspecified atom stereocenters. The Morgan fingerprint density at radius 3 is 2.10 bits per heavy atom. The Kier molecular flexibility index (Phi) is 10.3. The van der Waals surface area contributed by atoms with Gasteiger partial charge in [-0.1, -0.05) is 84.5 Å². The van der Waals surface area contributed by atoms with Crippen molar-refractivity contribution in [1.29, 1.82) is 0 Å². The standard InChI is InChI=1S/C19H36N2/c1-4-6-8-9-10-12-14-18(13-11-7-5-2)17-19-20-15-16-21(19)3/h15-16,18H,4-14,17H2,1-3H3. The molecule has 0 bridgehead atoms. The first-order valence-electron chi connectivity index (χ1n) is 9.24. The van der Waals surface area contributed by atoms with Gasteiger partial charge in [0.2, 0.25) is 0 Å². The monoisotopic (exact) mass is 292 g/mol. The minimum atomic E-state index is 0.837. The van der Waals surface area contributed by atoms with Crippen LogP contribution < -0.4 is 0 Å². The second-order valence-electron chi connectivity index (χ2n) is 6.58. The zero-order chi connectivity index (χ0) is 15.3. The molecular weight excluding hydrogens is 256 g/mol. The van der Waals surface area contributed by atoms with Crippen LogP contribution in [-0.4, -0.2) is 9.55 Å². The number of rotatable bonds is 13. The molecule has 0 aliphatic carbocycles. The highest BCUT2D eigenvalue weighted by Gasteiger charge is 2.12. The quantitative estimate of drug-likeness (QED) is 0.413. The summed E-state index contributed by atoms with van der Waals surface area (Å²) in [6.07, 6.45) is 20.5. The molecule has 1 aromatic rings. The molecule has 2 heteroatoms. The van der Waals surface area contributed by atoms with Crippen LogP contribution in [0.4, 0.5) is 0 Å². The van der Waals surface area contributed by atoms with Crippen molar-refractivity contribution in [2.75, 3.05) is 0 Å². The van der Waals surface area contributed by atoms with E-state index in [1.54, 1.807) is 0 Å². The van der Waals surface area contributed by atoms with Gasteiger partial charge in [-0.15, -0.1) is 0 Å². The molecule has 0 fully saturated rings. The van der Waals surface area contributed by atoms with Gasteiger partial charge < -0.3 is 4.57 Å². The highest BCUT2D eigenvalue weighted by atomic mass is 15.0. The van der Waals surface area contributed by atoms with Crippen LogP contribution >= 0.6 is 0 Å². The van der Waals surface area contributed by atoms with Gasteiger partial charge in [0, 0.05) is 25.9 Å². The topological polar surface area (TPSA) is 17.8 Å². The van der Waals surface area contributed by atoms with E-state index in [4.69, 9.17) is 0 Å². The molecule has 0 radical (unpaired) electrons. The van der Waals surface area contributed by atoms with Gasteiger partial charge in [0.05, 0.1) is 0 Å². The SMILES string of the molecule is CCCCCCCCC(CCCCC)Cc1nccn1C. The van der Waals surface area contributed by atoms with Crippen LogP contribution in [0.25, 0.3) is 0 Å². The van der Waals surface area contributed by atoms with E-state index in [2.05, 4.69) is 36.6 Å². The van der Waals surface area contributed by atoms with Crippen molar-refractivity contribution >= 4 is 0 Å². The lowest BCUT2D eigenvalue weighted by molar-refractivity contribution is 0.394. The third-order valence-electron chi connectivity index (χ3n) is 4.57. The highest BCUT2D eigenvalue weighted by molar-refractivity contribution is 4.92. The first-order chi connectivity index (χ1) is 10.3. The van der Waals surface area contributed by atoms with E-state index in [0.29, 0.717) is 0 Å². The molecule has 1 aromatic heterocycles. The number of nitrogens with zero attached hydrogens (tertiary/aromatic N) is 2. The molecule has 1 heterocycles. The third-order valence-corrected chi connectivity index (χ3v) is 4.57. The van der Waals surface area contributed by atoms with Crippen LogP contribution in [0.1, 0.15) is 90.3 Å². The van der Waals surface area contributed by atoms with E-state index < -0.39 is 0 Å². The predicted octanol–water partition coefficient (Wildman–Crippen LogP) is 5.91. The molecular formula is C19H36N2. The van der Waals surface area contributed by atoms with E-state index in [1.807, 2.05) is 6.20 Å². The summed E-state index contributed by atoms with van der Waals surface area (Å²) >= 11 is 0. The Balaban J connectivity index is 2.28. The number of unbranched alkanes of at least 4 members (excludes halogenated alkanes) is 7. The van der Waals surface area contributed by atoms with Gasteiger partial charge in [-0.05, 0) is 5.92 Å². The van der Waals surface area contributed by atoms with E-state index in [1.165, 1.54) is 82.9 Å².